The smallest absolute Gasteiger partial charge is 0.314 e. The highest BCUT2D eigenvalue weighted by atomic mass is 16.5. The summed E-state index contributed by atoms with van der Waals surface area (Å²) in [4.78, 5) is 12.8. The predicted octanol–water partition coefficient (Wildman–Crippen LogP) is 2.43. The second-order valence-electron chi connectivity index (χ2n) is 5.12. The maximum atomic E-state index is 11.1. The Morgan fingerprint density at radius 3 is 2.85 bits per heavy atom. The number of ether oxygens (including phenoxy) is 1. The fourth-order valence-corrected chi connectivity index (χ4v) is 2.38. The first kappa shape index (κ1) is 14.5. The Bertz CT molecular complexity index is 442. The molecule has 20 heavy (non-hydrogen) atoms. The van der Waals surface area contributed by atoms with E-state index < -0.39 is 0 Å². The topological polar surface area (TPSA) is 67.6 Å². The van der Waals surface area contributed by atoms with Crippen LogP contribution >= 0.6 is 0 Å². The van der Waals surface area contributed by atoms with Gasteiger partial charge in [0.2, 0.25) is 0 Å². The van der Waals surface area contributed by atoms with Gasteiger partial charge in [-0.05, 0) is 31.4 Å². The molecule has 1 fully saturated rings. The first-order chi connectivity index (χ1) is 9.69. The number of hydrogen-bond donors (Lipinski definition) is 2. The lowest BCUT2D eigenvalue weighted by Crippen LogP contribution is -2.44. The quantitative estimate of drug-likeness (QED) is 0.868. The Morgan fingerprint density at radius 1 is 1.45 bits per heavy atom. The molecule has 110 valence electrons. The van der Waals surface area contributed by atoms with Crippen LogP contribution in [0.3, 0.4) is 0 Å². The van der Waals surface area contributed by atoms with Crippen LogP contribution in [-0.4, -0.2) is 36.7 Å². The molecule has 1 aliphatic rings. The number of piperidine rings is 1. The van der Waals surface area contributed by atoms with Crippen LogP contribution < -0.4 is 15.8 Å². The number of benzene rings is 1. The summed E-state index contributed by atoms with van der Waals surface area (Å²) >= 11 is 0. The number of rotatable bonds is 5. The first-order valence-electron chi connectivity index (χ1n) is 7.23. The van der Waals surface area contributed by atoms with Crippen LogP contribution in [0.15, 0.2) is 24.3 Å². The van der Waals surface area contributed by atoms with Gasteiger partial charge in [-0.3, -0.25) is 0 Å². The van der Waals surface area contributed by atoms with Crippen molar-refractivity contribution in [1.82, 2.24) is 4.90 Å². The summed E-state index contributed by atoms with van der Waals surface area (Å²) in [6.45, 7) is 4.27. The van der Waals surface area contributed by atoms with Crippen molar-refractivity contribution in [3.63, 3.8) is 0 Å². The lowest BCUT2D eigenvalue weighted by atomic mass is 10.0. The lowest BCUT2D eigenvalue weighted by Gasteiger charge is -2.31. The van der Waals surface area contributed by atoms with Gasteiger partial charge >= 0.3 is 6.03 Å². The molecular formula is C15H23N3O2. The van der Waals surface area contributed by atoms with Gasteiger partial charge in [-0.1, -0.05) is 13.0 Å². The predicted molar refractivity (Wildman–Crippen MR) is 80.0 cm³/mol. The minimum atomic E-state index is -0.321. The fourth-order valence-electron chi connectivity index (χ4n) is 2.38. The molecule has 0 atom stereocenters. The van der Waals surface area contributed by atoms with Crippen LogP contribution in [0.25, 0.3) is 0 Å². The van der Waals surface area contributed by atoms with E-state index in [4.69, 9.17) is 10.5 Å². The molecule has 1 aromatic rings. The molecule has 0 spiro atoms. The Labute approximate surface area is 120 Å². The lowest BCUT2D eigenvalue weighted by molar-refractivity contribution is 0.193. The molecule has 0 unspecified atom stereocenters. The van der Waals surface area contributed by atoms with Gasteiger partial charge in [0.15, 0.2) is 0 Å². The highest BCUT2D eigenvalue weighted by Crippen LogP contribution is 2.21. The first-order valence-corrected chi connectivity index (χ1v) is 7.23. The summed E-state index contributed by atoms with van der Waals surface area (Å²) in [5, 5.41) is 3.50. The van der Waals surface area contributed by atoms with Crippen molar-refractivity contribution in [1.29, 1.82) is 0 Å². The number of nitrogens with one attached hydrogen (secondary N) is 1. The maximum absolute atomic E-state index is 11.1. The number of hydrogen-bond acceptors (Lipinski definition) is 3. The van der Waals surface area contributed by atoms with Crippen LogP contribution in [0.5, 0.6) is 5.75 Å². The third-order valence-electron chi connectivity index (χ3n) is 3.48. The van der Waals surface area contributed by atoms with Gasteiger partial charge in [0, 0.05) is 30.9 Å². The number of carbonyl (C=O) groups is 1. The monoisotopic (exact) mass is 277 g/mol. The molecule has 5 heteroatoms. The molecule has 1 aliphatic heterocycles. The number of urea groups is 1. The standard InChI is InChI=1S/C15H23N3O2/c1-2-10-20-14-5-3-4-13(11-14)17-12-6-8-18(9-7-12)15(16)19/h3-5,11-12,17H,2,6-10H2,1H3,(H2,16,19). The number of nitrogens with zero attached hydrogens (tertiary/aromatic N) is 1. The third kappa shape index (κ3) is 4.05. The molecule has 2 amide bonds. The maximum Gasteiger partial charge on any atom is 0.314 e. The van der Waals surface area contributed by atoms with Crippen LogP contribution in [-0.2, 0) is 0 Å². The van der Waals surface area contributed by atoms with Gasteiger partial charge < -0.3 is 20.7 Å². The van der Waals surface area contributed by atoms with E-state index in [1.807, 2.05) is 24.3 Å². The van der Waals surface area contributed by atoms with Crippen LogP contribution in [0.2, 0.25) is 0 Å². The average molecular weight is 277 g/mol. The molecule has 2 rings (SSSR count). The van der Waals surface area contributed by atoms with E-state index in [0.29, 0.717) is 6.04 Å². The summed E-state index contributed by atoms with van der Waals surface area (Å²) in [6.07, 6.45) is 2.84. The van der Waals surface area contributed by atoms with Gasteiger partial charge in [-0.2, -0.15) is 0 Å². The fraction of sp³-hybridized carbons (Fsp3) is 0.533. The van der Waals surface area contributed by atoms with E-state index in [-0.39, 0.29) is 6.03 Å². The van der Waals surface area contributed by atoms with Crippen molar-refractivity contribution >= 4 is 11.7 Å². The molecule has 0 radical (unpaired) electrons. The SMILES string of the molecule is CCCOc1cccc(NC2CCN(C(N)=O)CC2)c1. The van der Waals surface area contributed by atoms with Gasteiger partial charge in [0.05, 0.1) is 6.61 Å². The van der Waals surface area contributed by atoms with Crippen LogP contribution in [0.4, 0.5) is 10.5 Å². The van der Waals surface area contributed by atoms with Gasteiger partial charge in [0.1, 0.15) is 5.75 Å². The van der Waals surface area contributed by atoms with Crippen LogP contribution in [0.1, 0.15) is 26.2 Å². The number of primary amides is 1. The molecule has 1 saturated heterocycles. The number of carbonyl (C=O) groups excluding carboxylic acids is 1. The molecule has 0 saturated carbocycles. The minimum absolute atomic E-state index is 0.321. The third-order valence-corrected chi connectivity index (χ3v) is 3.48. The number of amides is 2. The molecular weight excluding hydrogens is 254 g/mol. The molecule has 0 aliphatic carbocycles. The second-order valence-corrected chi connectivity index (χ2v) is 5.12. The van der Waals surface area contributed by atoms with E-state index in [1.54, 1.807) is 4.90 Å². The van der Waals surface area contributed by atoms with Crippen molar-refractivity contribution in [2.24, 2.45) is 5.73 Å². The van der Waals surface area contributed by atoms with Crippen molar-refractivity contribution in [2.45, 2.75) is 32.2 Å². The molecule has 0 aromatic heterocycles. The Hall–Kier alpha value is -1.91. The molecule has 0 bridgehead atoms. The van der Waals surface area contributed by atoms with Gasteiger partial charge in [0.25, 0.3) is 0 Å². The Morgan fingerprint density at radius 2 is 2.20 bits per heavy atom. The largest absolute Gasteiger partial charge is 0.494 e. The van der Waals surface area contributed by atoms with Crippen molar-refractivity contribution in [2.75, 3.05) is 25.0 Å². The number of likely N-dealkylation sites (tertiary alicyclic amines) is 1. The van der Waals surface area contributed by atoms with E-state index in [0.717, 1.165) is 50.4 Å². The van der Waals surface area contributed by atoms with E-state index in [1.165, 1.54) is 0 Å². The summed E-state index contributed by atoms with van der Waals surface area (Å²) in [6, 6.07) is 8.09. The molecule has 3 N–H and O–H groups in total. The number of anilines is 1. The second kappa shape index (κ2) is 7.03. The van der Waals surface area contributed by atoms with Crippen molar-refractivity contribution < 1.29 is 9.53 Å². The summed E-state index contributed by atoms with van der Waals surface area (Å²) in [5.41, 5.74) is 6.35. The summed E-state index contributed by atoms with van der Waals surface area (Å²) < 4.78 is 5.62. The molecule has 1 heterocycles. The zero-order chi connectivity index (χ0) is 14.4. The normalized spacial score (nSPS) is 15.9. The zero-order valence-electron chi connectivity index (χ0n) is 12.0. The highest BCUT2D eigenvalue weighted by Gasteiger charge is 2.20. The van der Waals surface area contributed by atoms with Gasteiger partial charge in [-0.25, -0.2) is 4.79 Å². The number of nitrogens with two attached hydrogens (primary N) is 1. The Balaban J connectivity index is 1.86. The zero-order valence-corrected chi connectivity index (χ0v) is 12.0. The molecule has 5 nitrogen and oxygen atoms in total. The van der Waals surface area contributed by atoms with E-state index >= 15 is 0 Å². The average Bonchev–Trinajstić information content (AvgIpc) is 2.46. The van der Waals surface area contributed by atoms with Crippen molar-refractivity contribution in [3.8, 4) is 5.75 Å². The summed E-state index contributed by atoms with van der Waals surface area (Å²) in [5.74, 6) is 0.895. The van der Waals surface area contributed by atoms with Gasteiger partial charge in [-0.15, -0.1) is 0 Å². The van der Waals surface area contributed by atoms with E-state index in [9.17, 15) is 4.79 Å². The van der Waals surface area contributed by atoms with E-state index in [2.05, 4.69) is 12.2 Å². The molecule has 1 aromatic carbocycles. The highest BCUT2D eigenvalue weighted by molar-refractivity contribution is 5.72. The minimum Gasteiger partial charge on any atom is -0.494 e. The Kier molecular flexibility index (Phi) is 5.09. The summed E-state index contributed by atoms with van der Waals surface area (Å²) in [7, 11) is 0. The van der Waals surface area contributed by atoms with Crippen molar-refractivity contribution in [3.05, 3.63) is 24.3 Å². The van der Waals surface area contributed by atoms with Crippen LogP contribution in [0, 0.1) is 0 Å².